The third kappa shape index (κ3) is 3.18. The van der Waals surface area contributed by atoms with Crippen LogP contribution in [0.1, 0.15) is 16.8 Å². The summed E-state index contributed by atoms with van der Waals surface area (Å²) in [6.07, 6.45) is 0. The molecule has 0 unspecified atom stereocenters. The van der Waals surface area contributed by atoms with E-state index in [4.69, 9.17) is 5.73 Å². The van der Waals surface area contributed by atoms with Crippen molar-refractivity contribution < 1.29 is 0 Å². The van der Waals surface area contributed by atoms with Crippen molar-refractivity contribution >= 4 is 17.0 Å². The van der Waals surface area contributed by atoms with E-state index < -0.39 is 0 Å². The van der Waals surface area contributed by atoms with Gasteiger partial charge in [-0.3, -0.25) is 4.79 Å². The second kappa shape index (κ2) is 5.16. The summed E-state index contributed by atoms with van der Waals surface area (Å²) in [5.74, 6) is 0. The number of anilines is 1. The molecule has 4 N–H and O–H groups in total. The van der Waals surface area contributed by atoms with Gasteiger partial charge < -0.3 is 16.0 Å². The van der Waals surface area contributed by atoms with Gasteiger partial charge in [-0.15, -0.1) is 0 Å². The Hall–Kier alpha value is -1.59. The Morgan fingerprint density at radius 3 is 2.94 bits per heavy atom. The number of nitrogen functional groups attached to an aromatic ring is 1. The Labute approximate surface area is 103 Å². The fraction of sp³-hybridized carbons (Fsp3) is 0.250. The molecule has 1 heterocycles. The highest BCUT2D eigenvalue weighted by Gasteiger charge is 2.00. The van der Waals surface area contributed by atoms with Crippen LogP contribution in [0.2, 0.25) is 0 Å². The van der Waals surface area contributed by atoms with Crippen LogP contribution in [0.5, 0.6) is 0 Å². The number of aryl methyl sites for hydroxylation is 1. The molecule has 0 amide bonds. The maximum atomic E-state index is 10.9. The van der Waals surface area contributed by atoms with Gasteiger partial charge in [0.1, 0.15) is 0 Å². The number of aromatic amines is 1. The SMILES string of the molecule is Cc1ccc(N)c(CNCc2csc(=O)[nH]2)c1. The maximum Gasteiger partial charge on any atom is 0.304 e. The summed E-state index contributed by atoms with van der Waals surface area (Å²) >= 11 is 1.18. The number of rotatable bonds is 4. The second-order valence-electron chi connectivity index (χ2n) is 3.98. The van der Waals surface area contributed by atoms with Crippen LogP contribution < -0.4 is 15.9 Å². The first-order chi connectivity index (χ1) is 8.15. The fourth-order valence-electron chi connectivity index (χ4n) is 1.62. The molecular formula is C12H15N3OS. The van der Waals surface area contributed by atoms with E-state index in [9.17, 15) is 4.79 Å². The Morgan fingerprint density at radius 1 is 1.41 bits per heavy atom. The number of benzene rings is 1. The van der Waals surface area contributed by atoms with Crippen LogP contribution in [-0.4, -0.2) is 4.98 Å². The van der Waals surface area contributed by atoms with Gasteiger partial charge in [-0.1, -0.05) is 29.0 Å². The van der Waals surface area contributed by atoms with Crippen molar-refractivity contribution in [1.82, 2.24) is 10.3 Å². The summed E-state index contributed by atoms with van der Waals surface area (Å²) in [7, 11) is 0. The number of H-pyrrole nitrogens is 1. The average molecular weight is 249 g/mol. The highest BCUT2D eigenvalue weighted by atomic mass is 32.1. The molecule has 0 fully saturated rings. The molecule has 17 heavy (non-hydrogen) atoms. The maximum absolute atomic E-state index is 10.9. The molecule has 0 bridgehead atoms. The molecule has 0 aliphatic carbocycles. The normalized spacial score (nSPS) is 10.6. The minimum Gasteiger partial charge on any atom is -0.398 e. The summed E-state index contributed by atoms with van der Waals surface area (Å²) < 4.78 is 0. The van der Waals surface area contributed by atoms with Gasteiger partial charge in [0.15, 0.2) is 0 Å². The number of nitrogens with two attached hydrogens (primary N) is 1. The number of hydrogen-bond donors (Lipinski definition) is 3. The Bertz CT molecular complexity index is 559. The molecule has 1 aromatic heterocycles. The van der Waals surface area contributed by atoms with Crippen molar-refractivity contribution in [1.29, 1.82) is 0 Å². The molecule has 0 saturated heterocycles. The zero-order valence-electron chi connectivity index (χ0n) is 9.62. The van der Waals surface area contributed by atoms with E-state index in [1.165, 1.54) is 16.9 Å². The lowest BCUT2D eigenvalue weighted by molar-refractivity contribution is 0.682. The highest BCUT2D eigenvalue weighted by molar-refractivity contribution is 7.07. The van der Waals surface area contributed by atoms with Gasteiger partial charge in [0.2, 0.25) is 0 Å². The molecule has 0 aliphatic heterocycles. The fourth-order valence-corrected chi connectivity index (χ4v) is 2.20. The van der Waals surface area contributed by atoms with Crippen LogP contribution in [-0.2, 0) is 13.1 Å². The van der Waals surface area contributed by atoms with Gasteiger partial charge in [0.25, 0.3) is 0 Å². The number of hydrogen-bond acceptors (Lipinski definition) is 4. The van der Waals surface area contributed by atoms with Gasteiger partial charge in [0.05, 0.1) is 0 Å². The third-order valence-electron chi connectivity index (χ3n) is 2.50. The van der Waals surface area contributed by atoms with Gasteiger partial charge in [-0.2, -0.15) is 0 Å². The number of aromatic nitrogens is 1. The van der Waals surface area contributed by atoms with E-state index in [1.807, 2.05) is 24.4 Å². The summed E-state index contributed by atoms with van der Waals surface area (Å²) in [5, 5.41) is 5.08. The van der Waals surface area contributed by atoms with Crippen LogP contribution in [0.4, 0.5) is 5.69 Å². The zero-order chi connectivity index (χ0) is 12.3. The van der Waals surface area contributed by atoms with E-state index in [0.29, 0.717) is 13.1 Å². The summed E-state index contributed by atoms with van der Waals surface area (Å²) in [6, 6.07) is 5.98. The Balaban J connectivity index is 1.94. The van der Waals surface area contributed by atoms with Gasteiger partial charge in [-0.05, 0) is 18.6 Å². The van der Waals surface area contributed by atoms with Gasteiger partial charge in [-0.25, -0.2) is 0 Å². The molecule has 0 aliphatic rings. The number of nitrogens with one attached hydrogen (secondary N) is 2. The van der Waals surface area contributed by atoms with Crippen molar-refractivity contribution in [3.05, 3.63) is 50.1 Å². The van der Waals surface area contributed by atoms with Gasteiger partial charge >= 0.3 is 4.87 Å². The Kier molecular flexibility index (Phi) is 3.61. The molecule has 0 radical (unpaired) electrons. The molecule has 2 rings (SSSR count). The van der Waals surface area contributed by atoms with E-state index >= 15 is 0 Å². The zero-order valence-corrected chi connectivity index (χ0v) is 10.4. The molecular weight excluding hydrogens is 234 g/mol. The molecule has 5 heteroatoms. The quantitative estimate of drug-likeness (QED) is 0.721. The van der Waals surface area contributed by atoms with Crippen LogP contribution in [0.25, 0.3) is 0 Å². The van der Waals surface area contributed by atoms with Crippen LogP contribution >= 0.6 is 11.3 Å². The predicted octanol–water partition coefficient (Wildman–Crippen LogP) is 1.62. The second-order valence-corrected chi connectivity index (χ2v) is 4.82. The monoisotopic (exact) mass is 249 g/mol. The lowest BCUT2D eigenvalue weighted by Gasteiger charge is -2.07. The van der Waals surface area contributed by atoms with Crippen molar-refractivity contribution in [2.24, 2.45) is 0 Å². The van der Waals surface area contributed by atoms with Crippen LogP contribution in [0.15, 0.2) is 28.4 Å². The van der Waals surface area contributed by atoms with E-state index in [0.717, 1.165) is 16.9 Å². The van der Waals surface area contributed by atoms with Crippen molar-refractivity contribution in [2.75, 3.05) is 5.73 Å². The highest BCUT2D eigenvalue weighted by Crippen LogP contribution is 2.13. The third-order valence-corrected chi connectivity index (χ3v) is 3.22. The van der Waals surface area contributed by atoms with Crippen molar-refractivity contribution in [3.8, 4) is 0 Å². The molecule has 0 spiro atoms. The molecule has 1 aromatic carbocycles. The topological polar surface area (TPSA) is 70.9 Å². The molecule has 0 atom stereocenters. The van der Waals surface area contributed by atoms with Gasteiger partial charge in [0, 0.05) is 29.9 Å². The summed E-state index contributed by atoms with van der Waals surface area (Å²) in [6.45, 7) is 3.39. The van der Waals surface area contributed by atoms with E-state index in [-0.39, 0.29) is 4.87 Å². The van der Waals surface area contributed by atoms with Crippen LogP contribution in [0, 0.1) is 6.92 Å². The lowest BCUT2D eigenvalue weighted by Crippen LogP contribution is -2.15. The first-order valence-corrected chi connectivity index (χ1v) is 6.25. The molecule has 90 valence electrons. The van der Waals surface area contributed by atoms with Crippen molar-refractivity contribution in [3.63, 3.8) is 0 Å². The van der Waals surface area contributed by atoms with E-state index in [1.54, 1.807) is 0 Å². The lowest BCUT2D eigenvalue weighted by atomic mass is 10.1. The average Bonchev–Trinajstić information content (AvgIpc) is 2.69. The standard InChI is InChI=1S/C12H15N3OS/c1-8-2-3-11(13)9(4-8)5-14-6-10-7-17-12(16)15-10/h2-4,7,14H,5-6,13H2,1H3,(H,15,16). The molecule has 2 aromatic rings. The smallest absolute Gasteiger partial charge is 0.304 e. The van der Waals surface area contributed by atoms with Crippen LogP contribution in [0.3, 0.4) is 0 Å². The largest absolute Gasteiger partial charge is 0.398 e. The minimum absolute atomic E-state index is 0.0168. The van der Waals surface area contributed by atoms with E-state index in [2.05, 4.69) is 16.4 Å². The first kappa shape index (κ1) is 11.9. The summed E-state index contributed by atoms with van der Waals surface area (Å²) in [4.78, 5) is 13.7. The first-order valence-electron chi connectivity index (χ1n) is 5.37. The predicted molar refractivity (Wildman–Crippen MR) is 71.1 cm³/mol. The summed E-state index contributed by atoms with van der Waals surface area (Å²) in [5.41, 5.74) is 9.86. The molecule has 0 saturated carbocycles. The molecule has 4 nitrogen and oxygen atoms in total. The van der Waals surface area contributed by atoms with Crippen molar-refractivity contribution in [2.45, 2.75) is 20.0 Å². The Morgan fingerprint density at radius 2 is 2.24 bits per heavy atom. The minimum atomic E-state index is -0.0168. The number of thiazole rings is 1.